The Morgan fingerprint density at radius 3 is 2.56 bits per heavy atom. The van der Waals surface area contributed by atoms with Crippen molar-refractivity contribution in [3.63, 3.8) is 0 Å². The highest BCUT2D eigenvalue weighted by Gasteiger charge is 2.16. The Hall–Kier alpha value is -1.60. The van der Waals surface area contributed by atoms with Crippen LogP contribution in [0.25, 0.3) is 0 Å². The summed E-state index contributed by atoms with van der Waals surface area (Å²) in [5.74, 6) is -1.12. The molecule has 104 valence electrons. The zero-order chi connectivity index (χ0) is 14.0. The Balaban J connectivity index is 3.59. The van der Waals surface area contributed by atoms with Crippen molar-refractivity contribution < 1.29 is 24.2 Å². The lowest BCUT2D eigenvalue weighted by molar-refractivity contribution is -0.147. The van der Waals surface area contributed by atoms with Gasteiger partial charge in [-0.3, -0.25) is 0 Å². The smallest absolute Gasteiger partial charge is 0.334 e. The summed E-state index contributed by atoms with van der Waals surface area (Å²) >= 11 is 0. The van der Waals surface area contributed by atoms with Crippen LogP contribution in [0.15, 0.2) is 12.2 Å². The van der Waals surface area contributed by atoms with Crippen molar-refractivity contribution in [1.29, 1.82) is 0 Å². The van der Waals surface area contributed by atoms with Crippen molar-refractivity contribution in [2.75, 3.05) is 33.4 Å². The zero-order valence-electron chi connectivity index (χ0n) is 10.7. The van der Waals surface area contributed by atoms with E-state index in [9.17, 15) is 9.59 Å². The number of aliphatic carboxylic acids is 1. The van der Waals surface area contributed by atoms with Gasteiger partial charge in [-0.2, -0.15) is 0 Å². The number of nitrogens with one attached hydrogen (secondary N) is 2. The number of carbonyl (C=O) groups excluding carboxylic acids is 1. The summed E-state index contributed by atoms with van der Waals surface area (Å²) < 4.78 is 9.82. The van der Waals surface area contributed by atoms with Crippen molar-refractivity contribution in [2.45, 2.75) is 13.0 Å². The summed E-state index contributed by atoms with van der Waals surface area (Å²) in [5, 5.41) is 13.6. The van der Waals surface area contributed by atoms with E-state index in [1.807, 2.05) is 6.92 Å². The first-order valence-corrected chi connectivity index (χ1v) is 5.46. The lowest BCUT2D eigenvalue weighted by atomic mass is 10.3. The molecule has 0 aromatic carbocycles. The second kappa shape index (κ2) is 9.43. The summed E-state index contributed by atoms with van der Waals surface area (Å²) in [4.78, 5) is 21.8. The molecule has 0 rings (SSSR count). The summed E-state index contributed by atoms with van der Waals surface area (Å²) in [7, 11) is 1.27. The minimum atomic E-state index is -1.12. The number of amides is 2. The number of carboxylic acid groups (broad SMARTS) is 1. The van der Waals surface area contributed by atoms with Crippen molar-refractivity contribution in [3.05, 3.63) is 12.2 Å². The van der Waals surface area contributed by atoms with Gasteiger partial charge in [-0.25, -0.2) is 9.59 Å². The van der Waals surface area contributed by atoms with Crippen LogP contribution >= 0.6 is 0 Å². The average molecular weight is 260 g/mol. The van der Waals surface area contributed by atoms with E-state index in [2.05, 4.69) is 21.9 Å². The van der Waals surface area contributed by atoms with Gasteiger partial charge in [-0.05, 0) is 6.92 Å². The van der Waals surface area contributed by atoms with E-state index in [0.29, 0.717) is 19.8 Å². The minimum Gasteiger partial charge on any atom is -0.479 e. The summed E-state index contributed by atoms with van der Waals surface area (Å²) in [6, 6.07) is -0.461. The monoisotopic (exact) mass is 260 g/mol. The largest absolute Gasteiger partial charge is 0.479 e. The number of carbonyl (C=O) groups is 2. The van der Waals surface area contributed by atoms with Crippen LogP contribution in [0.4, 0.5) is 4.79 Å². The summed E-state index contributed by atoms with van der Waals surface area (Å²) in [6.07, 6.45) is -1.05. The van der Waals surface area contributed by atoms with Crippen LogP contribution in [-0.2, 0) is 14.3 Å². The summed E-state index contributed by atoms with van der Waals surface area (Å²) in [6.45, 7) is 6.58. The highest BCUT2D eigenvalue weighted by molar-refractivity contribution is 5.76. The highest BCUT2D eigenvalue weighted by atomic mass is 16.5. The van der Waals surface area contributed by atoms with Crippen LogP contribution < -0.4 is 10.6 Å². The molecule has 0 fully saturated rings. The molecule has 1 unspecified atom stereocenters. The Morgan fingerprint density at radius 2 is 2.06 bits per heavy atom. The lowest BCUT2D eigenvalue weighted by Crippen LogP contribution is -2.43. The van der Waals surface area contributed by atoms with Crippen LogP contribution in [-0.4, -0.2) is 56.6 Å². The van der Waals surface area contributed by atoms with Crippen molar-refractivity contribution >= 4 is 12.0 Å². The number of methoxy groups -OCH3 is 1. The van der Waals surface area contributed by atoms with Crippen LogP contribution in [0, 0.1) is 0 Å². The molecule has 0 aliphatic heterocycles. The first-order valence-electron chi connectivity index (χ1n) is 5.46. The van der Waals surface area contributed by atoms with E-state index < -0.39 is 18.1 Å². The fourth-order valence-electron chi connectivity index (χ4n) is 1.00. The highest BCUT2D eigenvalue weighted by Crippen LogP contribution is 1.88. The third kappa shape index (κ3) is 8.54. The van der Waals surface area contributed by atoms with Gasteiger partial charge in [0.1, 0.15) is 0 Å². The van der Waals surface area contributed by atoms with Gasteiger partial charge >= 0.3 is 12.0 Å². The van der Waals surface area contributed by atoms with Gasteiger partial charge in [0.25, 0.3) is 0 Å². The number of hydrogen-bond acceptors (Lipinski definition) is 4. The Labute approximate surface area is 106 Å². The number of rotatable bonds is 9. The van der Waals surface area contributed by atoms with Crippen molar-refractivity contribution in [3.8, 4) is 0 Å². The second-order valence-corrected chi connectivity index (χ2v) is 3.71. The minimum absolute atomic E-state index is 0.0930. The topological polar surface area (TPSA) is 96.9 Å². The molecule has 18 heavy (non-hydrogen) atoms. The van der Waals surface area contributed by atoms with E-state index >= 15 is 0 Å². The number of urea groups is 1. The fourth-order valence-corrected chi connectivity index (χ4v) is 1.00. The standard InChI is InChI=1S/C11H20N2O5/c1-8(2)7-18-5-4-12-11(16)13-6-9(17-3)10(14)15/h9H,1,4-7H2,2-3H3,(H,14,15)(H2,12,13,16). The fraction of sp³-hybridized carbons (Fsp3) is 0.636. The molecule has 3 N–H and O–H groups in total. The number of hydrogen-bond donors (Lipinski definition) is 3. The molecule has 0 aromatic heterocycles. The Kier molecular flexibility index (Phi) is 8.59. The van der Waals surface area contributed by atoms with Gasteiger partial charge in [0.05, 0.1) is 19.8 Å². The molecule has 1 atom stereocenters. The van der Waals surface area contributed by atoms with Crippen LogP contribution in [0.2, 0.25) is 0 Å². The molecule has 0 aromatic rings. The molecule has 0 saturated carbocycles. The Morgan fingerprint density at radius 1 is 1.39 bits per heavy atom. The molecule has 0 heterocycles. The van der Waals surface area contributed by atoms with Gasteiger partial charge in [-0.1, -0.05) is 12.2 Å². The van der Waals surface area contributed by atoms with Gasteiger partial charge < -0.3 is 25.2 Å². The van der Waals surface area contributed by atoms with Crippen molar-refractivity contribution in [1.82, 2.24) is 10.6 Å². The number of carboxylic acids is 1. The molecule has 0 bridgehead atoms. The molecule has 0 radical (unpaired) electrons. The van der Waals surface area contributed by atoms with Gasteiger partial charge in [0.15, 0.2) is 6.10 Å². The second-order valence-electron chi connectivity index (χ2n) is 3.71. The molecule has 0 aliphatic rings. The molecule has 2 amide bonds. The molecular formula is C11H20N2O5. The predicted octanol–water partition coefficient (Wildman–Crippen LogP) is -0.0221. The molecule has 0 aliphatic carbocycles. The molecular weight excluding hydrogens is 240 g/mol. The van der Waals surface area contributed by atoms with Gasteiger partial charge in [0.2, 0.25) is 0 Å². The first-order chi connectivity index (χ1) is 8.47. The SMILES string of the molecule is C=C(C)COCCNC(=O)NCC(OC)C(=O)O. The van der Waals surface area contributed by atoms with Crippen LogP contribution in [0.1, 0.15) is 6.92 Å². The maximum atomic E-state index is 11.2. The van der Waals surface area contributed by atoms with Crippen LogP contribution in [0.5, 0.6) is 0 Å². The third-order valence-electron chi connectivity index (χ3n) is 1.89. The van der Waals surface area contributed by atoms with Gasteiger partial charge in [0, 0.05) is 13.7 Å². The molecule has 7 nitrogen and oxygen atoms in total. The van der Waals surface area contributed by atoms with E-state index in [1.165, 1.54) is 7.11 Å². The van der Waals surface area contributed by atoms with Gasteiger partial charge in [-0.15, -0.1) is 0 Å². The Bertz CT molecular complexity index is 293. The van der Waals surface area contributed by atoms with E-state index in [-0.39, 0.29) is 6.54 Å². The maximum Gasteiger partial charge on any atom is 0.334 e. The number of ether oxygens (including phenoxy) is 2. The lowest BCUT2D eigenvalue weighted by Gasteiger charge is -2.12. The third-order valence-corrected chi connectivity index (χ3v) is 1.89. The maximum absolute atomic E-state index is 11.2. The normalized spacial score (nSPS) is 11.7. The average Bonchev–Trinajstić information content (AvgIpc) is 2.28. The first kappa shape index (κ1) is 16.4. The van der Waals surface area contributed by atoms with Crippen LogP contribution in [0.3, 0.4) is 0 Å². The van der Waals surface area contributed by atoms with Crippen molar-refractivity contribution in [2.24, 2.45) is 0 Å². The predicted molar refractivity (Wildman–Crippen MR) is 65.5 cm³/mol. The quantitative estimate of drug-likeness (QED) is 0.400. The summed E-state index contributed by atoms with van der Waals surface area (Å²) in [5.41, 5.74) is 0.906. The molecule has 0 spiro atoms. The molecule has 7 heteroatoms. The van der Waals surface area contributed by atoms with E-state index in [1.54, 1.807) is 0 Å². The zero-order valence-corrected chi connectivity index (χ0v) is 10.7. The van der Waals surface area contributed by atoms with E-state index in [4.69, 9.17) is 9.84 Å². The molecule has 0 saturated heterocycles. The van der Waals surface area contributed by atoms with E-state index in [0.717, 1.165) is 5.57 Å².